The van der Waals surface area contributed by atoms with Gasteiger partial charge in [0, 0.05) is 13.2 Å². The third-order valence-electron chi connectivity index (χ3n) is 2.15. The Kier molecular flexibility index (Phi) is 4.17. The SMILES string of the molecule is CC.COc1ccc(OC)c2nn(C)cc12. The minimum Gasteiger partial charge on any atom is -0.496 e. The topological polar surface area (TPSA) is 36.3 Å². The maximum atomic E-state index is 5.23. The van der Waals surface area contributed by atoms with Crippen molar-refractivity contribution in [1.29, 1.82) is 0 Å². The summed E-state index contributed by atoms with van der Waals surface area (Å²) in [5.41, 5.74) is 0.828. The monoisotopic (exact) mass is 222 g/mol. The number of hydrogen-bond donors (Lipinski definition) is 0. The van der Waals surface area contributed by atoms with Crippen molar-refractivity contribution in [3.05, 3.63) is 18.3 Å². The molecule has 2 aromatic rings. The van der Waals surface area contributed by atoms with Gasteiger partial charge >= 0.3 is 0 Å². The molecule has 0 aliphatic rings. The van der Waals surface area contributed by atoms with Gasteiger partial charge in [0.15, 0.2) is 0 Å². The molecule has 0 amide bonds. The standard InChI is InChI=1S/C10H12N2O2.C2H6/c1-12-6-7-8(13-2)4-5-9(14-3)10(7)11-12;1-2/h4-6H,1-3H3;1-2H3. The van der Waals surface area contributed by atoms with E-state index in [4.69, 9.17) is 9.47 Å². The van der Waals surface area contributed by atoms with Crippen LogP contribution in [-0.2, 0) is 7.05 Å². The van der Waals surface area contributed by atoms with Gasteiger partial charge in [0.1, 0.15) is 17.0 Å². The lowest BCUT2D eigenvalue weighted by atomic mass is 10.2. The van der Waals surface area contributed by atoms with Crippen LogP contribution in [0, 0.1) is 0 Å². The minimum absolute atomic E-state index is 0.765. The summed E-state index contributed by atoms with van der Waals surface area (Å²) in [6, 6.07) is 3.73. The van der Waals surface area contributed by atoms with Crippen molar-refractivity contribution in [1.82, 2.24) is 9.78 Å². The highest BCUT2D eigenvalue weighted by molar-refractivity contribution is 5.89. The summed E-state index contributed by atoms with van der Waals surface area (Å²) < 4.78 is 12.2. The fourth-order valence-corrected chi connectivity index (χ4v) is 1.51. The van der Waals surface area contributed by atoms with E-state index in [1.54, 1.807) is 18.9 Å². The quantitative estimate of drug-likeness (QED) is 0.783. The van der Waals surface area contributed by atoms with Gasteiger partial charge in [-0.2, -0.15) is 5.10 Å². The molecule has 4 nitrogen and oxygen atoms in total. The Morgan fingerprint density at radius 1 is 1.06 bits per heavy atom. The molecule has 0 atom stereocenters. The van der Waals surface area contributed by atoms with E-state index in [0.29, 0.717) is 0 Å². The Labute approximate surface area is 95.8 Å². The first-order valence-corrected chi connectivity index (χ1v) is 5.30. The number of aryl methyl sites for hydroxylation is 1. The molecule has 16 heavy (non-hydrogen) atoms. The van der Waals surface area contributed by atoms with Gasteiger partial charge in [-0.05, 0) is 12.1 Å². The second-order valence-electron chi connectivity index (χ2n) is 3.04. The van der Waals surface area contributed by atoms with Gasteiger partial charge < -0.3 is 9.47 Å². The van der Waals surface area contributed by atoms with E-state index in [1.807, 2.05) is 39.2 Å². The summed E-state index contributed by atoms with van der Waals surface area (Å²) in [5, 5.41) is 5.27. The van der Waals surface area contributed by atoms with Gasteiger partial charge in [0.25, 0.3) is 0 Å². The molecule has 2 rings (SSSR count). The summed E-state index contributed by atoms with van der Waals surface area (Å²) in [6.07, 6.45) is 1.91. The summed E-state index contributed by atoms with van der Waals surface area (Å²) >= 11 is 0. The van der Waals surface area contributed by atoms with E-state index in [0.717, 1.165) is 22.4 Å². The lowest BCUT2D eigenvalue weighted by molar-refractivity contribution is 0.410. The van der Waals surface area contributed by atoms with E-state index in [9.17, 15) is 0 Å². The molecule has 0 aliphatic heterocycles. The summed E-state index contributed by atoms with van der Waals surface area (Å²) in [5.74, 6) is 1.58. The molecule has 0 saturated carbocycles. The fourth-order valence-electron chi connectivity index (χ4n) is 1.51. The van der Waals surface area contributed by atoms with Crippen LogP contribution in [0.2, 0.25) is 0 Å². The Balaban J connectivity index is 0.000000606. The van der Waals surface area contributed by atoms with Crippen molar-refractivity contribution >= 4 is 10.9 Å². The van der Waals surface area contributed by atoms with Gasteiger partial charge in [-0.15, -0.1) is 0 Å². The molecule has 0 unspecified atom stereocenters. The van der Waals surface area contributed by atoms with E-state index in [-0.39, 0.29) is 0 Å². The van der Waals surface area contributed by atoms with Crippen LogP contribution in [0.5, 0.6) is 11.5 Å². The molecule has 4 heteroatoms. The first-order valence-electron chi connectivity index (χ1n) is 5.30. The van der Waals surface area contributed by atoms with Crippen LogP contribution < -0.4 is 9.47 Å². The normalized spacial score (nSPS) is 9.56. The fraction of sp³-hybridized carbons (Fsp3) is 0.417. The number of ether oxygens (including phenoxy) is 2. The maximum Gasteiger partial charge on any atom is 0.147 e. The van der Waals surface area contributed by atoms with Gasteiger partial charge in [0.05, 0.1) is 19.6 Å². The Bertz CT molecular complexity index is 422. The molecule has 0 spiro atoms. The van der Waals surface area contributed by atoms with E-state index < -0.39 is 0 Å². The van der Waals surface area contributed by atoms with Crippen molar-refractivity contribution in [3.8, 4) is 11.5 Å². The zero-order chi connectivity index (χ0) is 12.1. The molecule has 88 valence electrons. The molecular formula is C12H18N2O2. The molecule has 1 aromatic heterocycles. The molecule has 0 bridgehead atoms. The van der Waals surface area contributed by atoms with Crippen LogP contribution in [0.3, 0.4) is 0 Å². The summed E-state index contributed by atoms with van der Waals surface area (Å²) in [7, 11) is 5.16. The molecule has 0 saturated heterocycles. The van der Waals surface area contributed by atoms with E-state index in [1.165, 1.54) is 0 Å². The number of aromatic nitrogens is 2. The van der Waals surface area contributed by atoms with Crippen molar-refractivity contribution in [2.75, 3.05) is 14.2 Å². The van der Waals surface area contributed by atoms with E-state index >= 15 is 0 Å². The highest BCUT2D eigenvalue weighted by Crippen LogP contribution is 2.31. The van der Waals surface area contributed by atoms with Crippen LogP contribution in [0.25, 0.3) is 10.9 Å². The van der Waals surface area contributed by atoms with Gasteiger partial charge in [-0.25, -0.2) is 0 Å². The Morgan fingerprint density at radius 3 is 2.19 bits per heavy atom. The van der Waals surface area contributed by atoms with E-state index in [2.05, 4.69) is 5.10 Å². The van der Waals surface area contributed by atoms with Crippen LogP contribution in [0.15, 0.2) is 18.3 Å². The van der Waals surface area contributed by atoms with Crippen molar-refractivity contribution in [3.63, 3.8) is 0 Å². The zero-order valence-electron chi connectivity index (χ0n) is 10.4. The Morgan fingerprint density at radius 2 is 1.62 bits per heavy atom. The second-order valence-corrected chi connectivity index (χ2v) is 3.04. The first kappa shape index (κ1) is 12.4. The highest BCUT2D eigenvalue weighted by atomic mass is 16.5. The number of benzene rings is 1. The summed E-state index contributed by atoms with van der Waals surface area (Å²) in [6.45, 7) is 4.00. The third-order valence-corrected chi connectivity index (χ3v) is 2.15. The highest BCUT2D eigenvalue weighted by Gasteiger charge is 2.09. The third kappa shape index (κ3) is 2.10. The lowest BCUT2D eigenvalue weighted by Crippen LogP contribution is -1.88. The number of rotatable bonds is 2. The molecule has 0 N–H and O–H groups in total. The largest absolute Gasteiger partial charge is 0.496 e. The van der Waals surface area contributed by atoms with Crippen LogP contribution in [0.4, 0.5) is 0 Å². The predicted molar refractivity (Wildman–Crippen MR) is 65.2 cm³/mol. The van der Waals surface area contributed by atoms with Gasteiger partial charge in [-0.3, -0.25) is 4.68 Å². The number of nitrogens with zero attached hydrogens (tertiary/aromatic N) is 2. The van der Waals surface area contributed by atoms with Crippen molar-refractivity contribution < 1.29 is 9.47 Å². The number of fused-ring (bicyclic) bond motifs is 1. The zero-order valence-corrected chi connectivity index (χ0v) is 10.4. The summed E-state index contributed by atoms with van der Waals surface area (Å²) in [4.78, 5) is 0. The van der Waals surface area contributed by atoms with Gasteiger partial charge in [-0.1, -0.05) is 13.8 Å². The maximum absolute atomic E-state index is 5.23. The second kappa shape index (κ2) is 5.39. The molecule has 1 heterocycles. The molecule has 0 fully saturated rings. The van der Waals surface area contributed by atoms with Gasteiger partial charge in [0.2, 0.25) is 0 Å². The smallest absolute Gasteiger partial charge is 0.147 e. The van der Waals surface area contributed by atoms with Crippen molar-refractivity contribution in [2.24, 2.45) is 7.05 Å². The lowest BCUT2D eigenvalue weighted by Gasteiger charge is -2.03. The Hall–Kier alpha value is -1.71. The molecule has 0 radical (unpaired) electrons. The molecular weight excluding hydrogens is 204 g/mol. The number of methoxy groups -OCH3 is 2. The van der Waals surface area contributed by atoms with Crippen molar-refractivity contribution in [2.45, 2.75) is 13.8 Å². The number of hydrogen-bond acceptors (Lipinski definition) is 3. The molecule has 1 aromatic carbocycles. The average molecular weight is 222 g/mol. The molecule has 0 aliphatic carbocycles. The van der Waals surface area contributed by atoms with Crippen LogP contribution in [-0.4, -0.2) is 24.0 Å². The van der Waals surface area contributed by atoms with Crippen LogP contribution in [0.1, 0.15) is 13.8 Å². The minimum atomic E-state index is 0.765. The van der Waals surface area contributed by atoms with Crippen LogP contribution >= 0.6 is 0 Å². The predicted octanol–water partition coefficient (Wildman–Crippen LogP) is 2.62. The average Bonchev–Trinajstić information content (AvgIpc) is 2.71. The first-order chi connectivity index (χ1) is 7.76.